The molecule has 32 heavy (non-hydrogen) atoms. The van der Waals surface area contributed by atoms with Gasteiger partial charge in [-0.3, -0.25) is 4.79 Å². The molecule has 1 aliphatic heterocycles. The molecule has 170 valence electrons. The summed E-state index contributed by atoms with van der Waals surface area (Å²) in [6, 6.07) is 19.7. The molecule has 1 aliphatic rings. The summed E-state index contributed by atoms with van der Waals surface area (Å²) >= 11 is 0. The Hall–Kier alpha value is -2.72. The van der Waals surface area contributed by atoms with Crippen LogP contribution in [-0.2, 0) is 16.0 Å². The van der Waals surface area contributed by atoms with Crippen LogP contribution in [0.15, 0.2) is 78.4 Å². The average molecular weight is 433 g/mol. The van der Waals surface area contributed by atoms with Crippen LogP contribution in [0.25, 0.3) is 0 Å². The summed E-state index contributed by atoms with van der Waals surface area (Å²) < 4.78 is 6.34. The topological polar surface area (TPSA) is 41.9 Å². The van der Waals surface area contributed by atoms with Crippen molar-refractivity contribution in [3.05, 3.63) is 78.9 Å². The van der Waals surface area contributed by atoms with Crippen LogP contribution in [0.4, 0.5) is 5.69 Å². The molecule has 2 aromatic rings. The molecule has 1 heterocycles. The quantitative estimate of drug-likeness (QED) is 0.265. The first-order chi connectivity index (χ1) is 15.6. The van der Waals surface area contributed by atoms with Crippen LogP contribution in [0.3, 0.4) is 0 Å². The van der Waals surface area contributed by atoms with Gasteiger partial charge < -0.3 is 4.74 Å². The molecule has 3 rings (SSSR count). The molecule has 2 atom stereocenters. The lowest BCUT2D eigenvalue weighted by molar-refractivity contribution is -0.129. The number of unbranched alkanes of at least 4 members (excludes halogenated alkanes) is 5. The number of benzene rings is 2. The van der Waals surface area contributed by atoms with Gasteiger partial charge in [-0.1, -0.05) is 93.6 Å². The maximum absolute atomic E-state index is 13.9. The highest BCUT2D eigenvalue weighted by atomic mass is 16.5. The fourth-order valence-corrected chi connectivity index (χ4v) is 4.43. The highest BCUT2D eigenvalue weighted by Crippen LogP contribution is 2.40. The summed E-state index contributed by atoms with van der Waals surface area (Å²) in [5.41, 5.74) is 1.72. The highest BCUT2D eigenvalue weighted by Gasteiger charge is 2.54. The Bertz CT molecular complexity index is 894. The third kappa shape index (κ3) is 5.36. The fraction of sp³-hybridized carbons (Fsp3) is 0.429. The normalized spacial score (nSPS) is 19.1. The average Bonchev–Trinajstić information content (AvgIpc) is 3.07. The van der Waals surface area contributed by atoms with Crippen LogP contribution in [0.2, 0.25) is 0 Å². The Morgan fingerprint density at radius 1 is 1.00 bits per heavy atom. The van der Waals surface area contributed by atoms with Crippen LogP contribution in [-0.4, -0.2) is 24.3 Å². The van der Waals surface area contributed by atoms with Crippen molar-refractivity contribution in [2.45, 2.75) is 64.9 Å². The second-order valence-corrected chi connectivity index (χ2v) is 8.57. The van der Waals surface area contributed by atoms with Gasteiger partial charge in [0.25, 0.3) is 5.91 Å². The summed E-state index contributed by atoms with van der Waals surface area (Å²) in [5.74, 6) is -0.0575. The van der Waals surface area contributed by atoms with Crippen molar-refractivity contribution in [3.8, 4) is 0 Å². The highest BCUT2D eigenvalue weighted by molar-refractivity contribution is 6.19. The molecule has 0 spiro atoms. The van der Waals surface area contributed by atoms with Crippen molar-refractivity contribution in [2.75, 3.05) is 11.6 Å². The van der Waals surface area contributed by atoms with Gasteiger partial charge >= 0.3 is 0 Å². The van der Waals surface area contributed by atoms with E-state index >= 15 is 0 Å². The van der Waals surface area contributed by atoms with Gasteiger partial charge in [-0.25, -0.2) is 0 Å². The van der Waals surface area contributed by atoms with Crippen LogP contribution in [0.5, 0.6) is 0 Å². The van der Waals surface area contributed by atoms with Gasteiger partial charge in [0.05, 0.1) is 17.5 Å². The fourth-order valence-electron chi connectivity index (χ4n) is 4.43. The summed E-state index contributed by atoms with van der Waals surface area (Å²) in [7, 11) is 0. The van der Waals surface area contributed by atoms with Crippen molar-refractivity contribution in [1.29, 1.82) is 0 Å². The van der Waals surface area contributed by atoms with Crippen molar-refractivity contribution in [3.63, 3.8) is 0 Å². The van der Waals surface area contributed by atoms with E-state index in [1.165, 1.54) is 30.7 Å². The number of ether oxygens (including phenoxy) is 1. The van der Waals surface area contributed by atoms with Gasteiger partial charge in [-0.2, -0.15) is 10.1 Å². The molecule has 0 unspecified atom stereocenters. The number of hydrazone groups is 1. The second-order valence-electron chi connectivity index (χ2n) is 8.57. The Labute approximate surface area is 193 Å². The molecule has 1 amide bonds. The molecule has 0 saturated heterocycles. The minimum absolute atomic E-state index is 0.0575. The maximum atomic E-state index is 13.9. The Balaban J connectivity index is 1.82. The van der Waals surface area contributed by atoms with Gasteiger partial charge in [-0.05, 0) is 37.5 Å². The second kappa shape index (κ2) is 11.8. The van der Waals surface area contributed by atoms with E-state index in [1.54, 1.807) is 6.08 Å². The van der Waals surface area contributed by atoms with E-state index in [0.29, 0.717) is 13.0 Å². The number of rotatable bonds is 13. The molecule has 0 fully saturated rings. The van der Waals surface area contributed by atoms with E-state index in [4.69, 9.17) is 9.84 Å². The Morgan fingerprint density at radius 3 is 2.28 bits per heavy atom. The zero-order chi connectivity index (χ0) is 22.8. The van der Waals surface area contributed by atoms with Gasteiger partial charge in [0.15, 0.2) is 0 Å². The summed E-state index contributed by atoms with van der Waals surface area (Å²) in [4.78, 5) is 13.9. The van der Waals surface area contributed by atoms with E-state index < -0.39 is 11.5 Å². The smallest absolute Gasteiger partial charge is 0.262 e. The predicted molar refractivity (Wildman–Crippen MR) is 133 cm³/mol. The van der Waals surface area contributed by atoms with Crippen LogP contribution in [0.1, 0.15) is 57.9 Å². The molecule has 0 radical (unpaired) electrons. The lowest BCUT2D eigenvalue weighted by atomic mass is 9.72. The van der Waals surface area contributed by atoms with Gasteiger partial charge in [0.1, 0.15) is 5.41 Å². The Kier molecular flexibility index (Phi) is 8.81. The Morgan fingerprint density at radius 2 is 1.62 bits per heavy atom. The van der Waals surface area contributed by atoms with Crippen molar-refractivity contribution >= 4 is 17.3 Å². The van der Waals surface area contributed by atoms with Gasteiger partial charge in [0.2, 0.25) is 0 Å². The van der Waals surface area contributed by atoms with E-state index in [9.17, 15) is 4.79 Å². The molecule has 0 bridgehead atoms. The summed E-state index contributed by atoms with van der Waals surface area (Å²) in [5, 5.41) is 6.24. The number of hydrogen-bond acceptors (Lipinski definition) is 3. The standard InChI is InChI=1S/C28H36N2O2/c1-4-6-7-8-9-16-21-32-26(5-2)28(22-24-17-12-10-13-18-24)23(3)29-30(27(28)31)25-19-14-11-15-20-25/h5,10-15,17-20,26H,2,4,6-9,16,21-22H2,1,3H3/t26-,28+/m0/s1. The monoisotopic (exact) mass is 432 g/mol. The molecule has 2 aromatic carbocycles. The zero-order valence-electron chi connectivity index (χ0n) is 19.5. The number of nitrogens with zero attached hydrogens (tertiary/aromatic N) is 2. The van der Waals surface area contributed by atoms with E-state index in [1.807, 2.05) is 55.5 Å². The maximum Gasteiger partial charge on any atom is 0.262 e. The molecule has 0 saturated carbocycles. The third-order valence-electron chi connectivity index (χ3n) is 6.29. The minimum Gasteiger partial charge on any atom is -0.373 e. The molecule has 4 nitrogen and oxygen atoms in total. The SMILES string of the molecule is C=C[C@H](OCCCCCCCC)[C@]1(Cc2ccccc2)C(=O)N(c2ccccc2)N=C1C. The van der Waals surface area contributed by atoms with Gasteiger partial charge in [0, 0.05) is 6.61 Å². The van der Waals surface area contributed by atoms with Gasteiger partial charge in [-0.15, -0.1) is 6.58 Å². The van der Waals surface area contributed by atoms with E-state index in [0.717, 1.165) is 29.8 Å². The zero-order valence-corrected chi connectivity index (χ0v) is 19.5. The third-order valence-corrected chi connectivity index (χ3v) is 6.29. The lowest BCUT2D eigenvalue weighted by Crippen LogP contribution is -2.50. The molecule has 0 N–H and O–H groups in total. The van der Waals surface area contributed by atoms with Crippen LogP contribution >= 0.6 is 0 Å². The number of para-hydroxylation sites is 1. The summed E-state index contributed by atoms with van der Waals surface area (Å²) in [6.45, 7) is 8.83. The number of amides is 1. The largest absolute Gasteiger partial charge is 0.373 e. The molecular formula is C28H36N2O2. The van der Waals surface area contributed by atoms with Crippen LogP contribution < -0.4 is 5.01 Å². The first-order valence-corrected chi connectivity index (χ1v) is 11.9. The summed E-state index contributed by atoms with van der Waals surface area (Å²) in [6.07, 6.45) is 9.04. The molecule has 4 heteroatoms. The lowest BCUT2D eigenvalue weighted by Gasteiger charge is -2.34. The molecular weight excluding hydrogens is 396 g/mol. The first-order valence-electron chi connectivity index (χ1n) is 11.9. The number of carbonyl (C=O) groups excluding carboxylic acids is 1. The van der Waals surface area contributed by atoms with E-state index in [-0.39, 0.29) is 5.91 Å². The molecule has 0 aromatic heterocycles. The predicted octanol–water partition coefficient (Wildman–Crippen LogP) is 6.57. The van der Waals surface area contributed by atoms with E-state index in [2.05, 4.69) is 25.6 Å². The number of hydrogen-bond donors (Lipinski definition) is 0. The van der Waals surface area contributed by atoms with Crippen molar-refractivity contribution in [2.24, 2.45) is 10.5 Å². The van der Waals surface area contributed by atoms with Crippen molar-refractivity contribution in [1.82, 2.24) is 0 Å². The number of anilines is 1. The molecule has 0 aliphatic carbocycles. The number of carbonyl (C=O) groups is 1. The first kappa shape index (κ1) is 23.9. The van der Waals surface area contributed by atoms with Crippen molar-refractivity contribution < 1.29 is 9.53 Å². The minimum atomic E-state index is -0.902. The van der Waals surface area contributed by atoms with Crippen LogP contribution in [0, 0.1) is 5.41 Å².